The van der Waals surface area contributed by atoms with Gasteiger partial charge in [0.15, 0.2) is 0 Å². The van der Waals surface area contributed by atoms with Crippen molar-refractivity contribution in [2.75, 3.05) is 23.5 Å². The van der Waals surface area contributed by atoms with Crippen molar-refractivity contribution in [2.45, 2.75) is 0 Å². The lowest BCUT2D eigenvalue weighted by Gasteiger charge is -2.10. The standard InChI is InChI=1S/C20H18N4O2/c1-26-16-8-12(21)7-15(9-16)23-14-4-5-17-18(10-13-3-2-6-22-13)20(25)24-19(17)11-14/h2-11,22-23H,21H2,1H3,(H,24,25). The van der Waals surface area contributed by atoms with Crippen LogP contribution in [0.5, 0.6) is 5.75 Å². The van der Waals surface area contributed by atoms with Crippen LogP contribution in [0.3, 0.4) is 0 Å². The summed E-state index contributed by atoms with van der Waals surface area (Å²) in [6.45, 7) is 0. The fraction of sp³-hybridized carbons (Fsp3) is 0.0500. The molecular weight excluding hydrogens is 328 g/mol. The number of H-pyrrole nitrogens is 1. The highest BCUT2D eigenvalue weighted by molar-refractivity contribution is 6.35. The smallest absolute Gasteiger partial charge is 0.256 e. The van der Waals surface area contributed by atoms with Gasteiger partial charge in [-0.05, 0) is 36.4 Å². The van der Waals surface area contributed by atoms with E-state index in [1.54, 1.807) is 13.2 Å². The molecule has 1 aliphatic rings. The van der Waals surface area contributed by atoms with Crippen LogP contribution in [0.4, 0.5) is 22.7 Å². The van der Waals surface area contributed by atoms with E-state index in [-0.39, 0.29) is 5.91 Å². The first-order chi connectivity index (χ1) is 12.6. The number of anilines is 4. The molecule has 130 valence electrons. The molecule has 0 atom stereocenters. The van der Waals surface area contributed by atoms with E-state index in [1.807, 2.05) is 54.7 Å². The first kappa shape index (κ1) is 15.8. The number of fused-ring (bicyclic) bond motifs is 1. The third-order valence-corrected chi connectivity index (χ3v) is 4.18. The van der Waals surface area contributed by atoms with Gasteiger partial charge in [-0.3, -0.25) is 4.79 Å². The van der Waals surface area contributed by atoms with Crippen molar-refractivity contribution in [2.24, 2.45) is 0 Å². The third-order valence-electron chi connectivity index (χ3n) is 4.18. The molecule has 0 spiro atoms. The van der Waals surface area contributed by atoms with E-state index in [2.05, 4.69) is 15.6 Å². The fourth-order valence-electron chi connectivity index (χ4n) is 2.98. The summed E-state index contributed by atoms with van der Waals surface area (Å²) < 4.78 is 5.24. The molecule has 2 heterocycles. The van der Waals surface area contributed by atoms with Crippen molar-refractivity contribution in [3.63, 3.8) is 0 Å². The van der Waals surface area contributed by atoms with Crippen LogP contribution in [0.1, 0.15) is 11.3 Å². The van der Waals surface area contributed by atoms with Crippen LogP contribution in [-0.2, 0) is 4.79 Å². The van der Waals surface area contributed by atoms with E-state index in [4.69, 9.17) is 10.5 Å². The van der Waals surface area contributed by atoms with Crippen molar-refractivity contribution >= 4 is 40.3 Å². The highest BCUT2D eigenvalue weighted by Crippen LogP contribution is 2.36. The molecular formula is C20H18N4O2. The number of hydrogen-bond acceptors (Lipinski definition) is 4. The number of carbonyl (C=O) groups is 1. The number of ether oxygens (including phenoxy) is 1. The number of nitrogens with one attached hydrogen (secondary N) is 3. The van der Waals surface area contributed by atoms with Gasteiger partial charge in [0.05, 0.1) is 18.4 Å². The van der Waals surface area contributed by atoms with Gasteiger partial charge in [-0.15, -0.1) is 0 Å². The Bertz CT molecular complexity index is 1010. The van der Waals surface area contributed by atoms with Crippen LogP contribution in [-0.4, -0.2) is 18.0 Å². The van der Waals surface area contributed by atoms with E-state index < -0.39 is 0 Å². The molecule has 1 aromatic heterocycles. The van der Waals surface area contributed by atoms with Crippen LogP contribution in [0.2, 0.25) is 0 Å². The zero-order valence-corrected chi connectivity index (χ0v) is 14.2. The molecule has 0 radical (unpaired) electrons. The highest BCUT2D eigenvalue weighted by Gasteiger charge is 2.24. The van der Waals surface area contributed by atoms with E-state index in [0.717, 1.165) is 28.3 Å². The molecule has 0 saturated carbocycles. The highest BCUT2D eigenvalue weighted by atomic mass is 16.5. The lowest BCUT2D eigenvalue weighted by Crippen LogP contribution is -2.03. The van der Waals surface area contributed by atoms with Crippen LogP contribution in [0, 0.1) is 0 Å². The molecule has 0 fully saturated rings. The number of aromatic amines is 1. The van der Waals surface area contributed by atoms with Gasteiger partial charge in [0.1, 0.15) is 5.75 Å². The van der Waals surface area contributed by atoms with Gasteiger partial charge < -0.3 is 26.1 Å². The summed E-state index contributed by atoms with van der Waals surface area (Å²) in [5.41, 5.74) is 11.3. The molecule has 0 saturated heterocycles. The van der Waals surface area contributed by atoms with Gasteiger partial charge in [-0.25, -0.2) is 0 Å². The van der Waals surface area contributed by atoms with Gasteiger partial charge in [0.25, 0.3) is 5.91 Å². The largest absolute Gasteiger partial charge is 0.497 e. The monoisotopic (exact) mass is 346 g/mol. The molecule has 6 nitrogen and oxygen atoms in total. The zero-order chi connectivity index (χ0) is 18.1. The number of rotatable bonds is 4. The Kier molecular flexibility index (Phi) is 3.85. The van der Waals surface area contributed by atoms with Crippen molar-refractivity contribution in [3.8, 4) is 5.75 Å². The Morgan fingerprint density at radius 1 is 1.12 bits per heavy atom. The van der Waals surface area contributed by atoms with E-state index in [0.29, 0.717) is 17.0 Å². The predicted molar refractivity (Wildman–Crippen MR) is 104 cm³/mol. The number of nitrogens with two attached hydrogens (primary N) is 1. The molecule has 26 heavy (non-hydrogen) atoms. The van der Waals surface area contributed by atoms with E-state index in [1.165, 1.54) is 0 Å². The van der Waals surface area contributed by atoms with E-state index in [9.17, 15) is 4.79 Å². The van der Waals surface area contributed by atoms with Gasteiger partial charge in [0, 0.05) is 46.6 Å². The van der Waals surface area contributed by atoms with Gasteiger partial charge >= 0.3 is 0 Å². The molecule has 1 aliphatic heterocycles. The predicted octanol–water partition coefficient (Wildman–Crippen LogP) is 3.84. The Morgan fingerprint density at radius 3 is 2.77 bits per heavy atom. The summed E-state index contributed by atoms with van der Waals surface area (Å²) in [6, 6.07) is 15.0. The summed E-state index contributed by atoms with van der Waals surface area (Å²) in [5, 5.41) is 6.20. The Labute approximate surface area is 150 Å². The number of aromatic nitrogens is 1. The SMILES string of the molecule is COc1cc(N)cc(Nc2ccc3c(c2)NC(=O)C3=Cc2ccc[nH]2)c1. The summed E-state index contributed by atoms with van der Waals surface area (Å²) in [4.78, 5) is 15.4. The molecule has 0 bridgehead atoms. The molecule has 2 aromatic carbocycles. The fourth-order valence-corrected chi connectivity index (χ4v) is 2.98. The molecule has 0 unspecified atom stereocenters. The van der Waals surface area contributed by atoms with Gasteiger partial charge in [-0.2, -0.15) is 0 Å². The minimum atomic E-state index is -0.114. The number of benzene rings is 2. The van der Waals surface area contributed by atoms with Crippen molar-refractivity contribution in [3.05, 3.63) is 66.0 Å². The number of methoxy groups -OCH3 is 1. The number of carbonyl (C=O) groups excluding carboxylic acids is 1. The molecule has 0 aliphatic carbocycles. The zero-order valence-electron chi connectivity index (χ0n) is 14.2. The van der Waals surface area contributed by atoms with Crippen LogP contribution in [0.15, 0.2) is 54.7 Å². The minimum Gasteiger partial charge on any atom is -0.497 e. The topological polar surface area (TPSA) is 92.2 Å². The van der Waals surface area contributed by atoms with Crippen LogP contribution in [0.25, 0.3) is 11.6 Å². The molecule has 1 amide bonds. The van der Waals surface area contributed by atoms with Crippen LogP contribution >= 0.6 is 0 Å². The van der Waals surface area contributed by atoms with Crippen molar-refractivity contribution in [1.29, 1.82) is 0 Å². The average Bonchev–Trinajstić information content (AvgIpc) is 3.23. The summed E-state index contributed by atoms with van der Waals surface area (Å²) in [5.74, 6) is 0.565. The van der Waals surface area contributed by atoms with Crippen molar-refractivity contribution < 1.29 is 9.53 Å². The minimum absolute atomic E-state index is 0.114. The molecule has 6 heteroatoms. The maximum Gasteiger partial charge on any atom is 0.256 e. The van der Waals surface area contributed by atoms with Crippen molar-refractivity contribution in [1.82, 2.24) is 4.98 Å². The maximum absolute atomic E-state index is 12.3. The normalized spacial score (nSPS) is 14.2. The van der Waals surface area contributed by atoms with Gasteiger partial charge in [-0.1, -0.05) is 6.07 Å². The number of hydrogen-bond donors (Lipinski definition) is 4. The van der Waals surface area contributed by atoms with E-state index >= 15 is 0 Å². The Hall–Kier alpha value is -3.67. The quantitative estimate of drug-likeness (QED) is 0.427. The average molecular weight is 346 g/mol. The lowest BCUT2D eigenvalue weighted by molar-refractivity contribution is -0.110. The Morgan fingerprint density at radius 2 is 2.00 bits per heavy atom. The second-order valence-electron chi connectivity index (χ2n) is 6.02. The molecule has 4 rings (SSSR count). The number of nitrogen functional groups attached to an aromatic ring is 1. The Balaban J connectivity index is 1.64. The third kappa shape index (κ3) is 3.00. The lowest BCUT2D eigenvalue weighted by atomic mass is 10.1. The summed E-state index contributed by atoms with van der Waals surface area (Å²) in [7, 11) is 1.60. The first-order valence-electron chi connectivity index (χ1n) is 8.15. The van der Waals surface area contributed by atoms with Crippen LogP contribution < -0.4 is 21.1 Å². The summed E-state index contributed by atoms with van der Waals surface area (Å²) >= 11 is 0. The second-order valence-corrected chi connectivity index (χ2v) is 6.02. The molecule has 5 N–H and O–H groups in total. The number of amides is 1. The first-order valence-corrected chi connectivity index (χ1v) is 8.15. The second kappa shape index (κ2) is 6.33. The van der Waals surface area contributed by atoms with Gasteiger partial charge in [0.2, 0.25) is 0 Å². The summed E-state index contributed by atoms with van der Waals surface area (Å²) in [6.07, 6.45) is 3.67. The molecule has 3 aromatic rings. The maximum atomic E-state index is 12.3.